The molecule has 0 radical (unpaired) electrons. The first kappa shape index (κ1) is 20.8. The van der Waals surface area contributed by atoms with E-state index in [1.807, 2.05) is 0 Å². The molecular weight excluding hydrogens is 451 g/mol. The van der Waals surface area contributed by atoms with E-state index in [-0.39, 0.29) is 24.1 Å². The van der Waals surface area contributed by atoms with Crippen molar-refractivity contribution in [1.29, 1.82) is 0 Å². The molecule has 8 heteroatoms. The van der Waals surface area contributed by atoms with Gasteiger partial charge in [-0.25, -0.2) is 9.37 Å². The molecule has 2 heterocycles. The third-order valence-corrected chi connectivity index (χ3v) is 6.07. The number of pyridine rings is 1. The van der Waals surface area contributed by atoms with E-state index < -0.39 is 11.9 Å². The standard InChI is InChI=1S/C22H24BrFN4O2/c23-15-12-27-21-20(15)19(8-9-26-21)30-18-7-6-13(10-16(18)24)11-17(25)22(29)28-14-4-2-1-3-5-14/h6-10,12,14,17H,1-5,11,25H2,(H,26,27)(H,28,29)/t17-/m0/s1. The number of nitrogens with zero attached hydrogens (tertiary/aromatic N) is 1. The Morgan fingerprint density at radius 2 is 2.10 bits per heavy atom. The van der Waals surface area contributed by atoms with Gasteiger partial charge in [0.15, 0.2) is 11.6 Å². The van der Waals surface area contributed by atoms with Crippen LogP contribution in [-0.4, -0.2) is 28.0 Å². The number of H-pyrrole nitrogens is 1. The van der Waals surface area contributed by atoms with Crippen molar-refractivity contribution in [1.82, 2.24) is 15.3 Å². The summed E-state index contributed by atoms with van der Waals surface area (Å²) >= 11 is 3.44. The quantitative estimate of drug-likeness (QED) is 0.487. The number of ether oxygens (including phenoxy) is 1. The Morgan fingerprint density at radius 3 is 2.87 bits per heavy atom. The molecule has 1 amide bonds. The topological polar surface area (TPSA) is 93.0 Å². The van der Waals surface area contributed by atoms with E-state index in [2.05, 4.69) is 31.2 Å². The number of hydrogen-bond acceptors (Lipinski definition) is 4. The Bertz CT molecular complexity index is 1050. The van der Waals surface area contributed by atoms with Crippen molar-refractivity contribution in [2.75, 3.05) is 0 Å². The fourth-order valence-electron chi connectivity index (χ4n) is 3.85. The van der Waals surface area contributed by atoms with Crippen LogP contribution < -0.4 is 15.8 Å². The molecule has 0 saturated heterocycles. The molecule has 4 rings (SSSR count). The van der Waals surface area contributed by atoms with E-state index in [1.165, 1.54) is 12.5 Å². The number of nitrogens with one attached hydrogen (secondary N) is 2. The fraction of sp³-hybridized carbons (Fsp3) is 0.364. The molecule has 1 fully saturated rings. The van der Waals surface area contributed by atoms with Crippen LogP contribution in [0.4, 0.5) is 4.39 Å². The highest BCUT2D eigenvalue weighted by molar-refractivity contribution is 9.10. The van der Waals surface area contributed by atoms with Crippen LogP contribution in [0.15, 0.2) is 41.1 Å². The molecule has 30 heavy (non-hydrogen) atoms. The number of fused-ring (bicyclic) bond motifs is 1. The van der Waals surface area contributed by atoms with Gasteiger partial charge in [0.2, 0.25) is 5.91 Å². The first-order valence-electron chi connectivity index (χ1n) is 10.1. The van der Waals surface area contributed by atoms with E-state index in [0.717, 1.165) is 35.5 Å². The van der Waals surface area contributed by atoms with Crippen LogP contribution in [0.5, 0.6) is 11.5 Å². The summed E-state index contributed by atoms with van der Waals surface area (Å²) in [5, 5.41) is 3.76. The van der Waals surface area contributed by atoms with Gasteiger partial charge in [-0.1, -0.05) is 25.3 Å². The second kappa shape index (κ2) is 9.14. The first-order chi connectivity index (χ1) is 14.5. The van der Waals surface area contributed by atoms with Gasteiger partial charge in [-0.15, -0.1) is 0 Å². The van der Waals surface area contributed by atoms with Crippen LogP contribution in [0.3, 0.4) is 0 Å². The van der Waals surface area contributed by atoms with Gasteiger partial charge in [-0.05, 0) is 59.0 Å². The van der Waals surface area contributed by atoms with Gasteiger partial charge in [0.25, 0.3) is 0 Å². The Labute approximate surface area is 182 Å². The van der Waals surface area contributed by atoms with Crippen molar-refractivity contribution in [2.45, 2.75) is 50.6 Å². The van der Waals surface area contributed by atoms with E-state index in [4.69, 9.17) is 10.5 Å². The van der Waals surface area contributed by atoms with Crippen LogP contribution in [0.25, 0.3) is 11.0 Å². The van der Waals surface area contributed by atoms with Crippen LogP contribution in [-0.2, 0) is 11.2 Å². The molecule has 1 atom stereocenters. The number of carbonyl (C=O) groups excluding carboxylic acids is 1. The molecule has 0 bridgehead atoms. The summed E-state index contributed by atoms with van der Waals surface area (Å²) in [6, 6.07) is 5.83. The van der Waals surface area contributed by atoms with E-state index in [1.54, 1.807) is 30.6 Å². The van der Waals surface area contributed by atoms with Gasteiger partial charge in [-0.3, -0.25) is 4.79 Å². The molecule has 1 aliphatic carbocycles. The first-order valence-corrected chi connectivity index (χ1v) is 10.9. The molecule has 0 spiro atoms. The largest absolute Gasteiger partial charge is 0.453 e. The second-order valence-electron chi connectivity index (χ2n) is 7.69. The summed E-state index contributed by atoms with van der Waals surface area (Å²) in [5.41, 5.74) is 7.36. The van der Waals surface area contributed by atoms with Crippen molar-refractivity contribution in [3.8, 4) is 11.5 Å². The summed E-state index contributed by atoms with van der Waals surface area (Å²) in [7, 11) is 0. The third-order valence-electron chi connectivity index (χ3n) is 5.45. The monoisotopic (exact) mass is 474 g/mol. The van der Waals surface area contributed by atoms with Crippen LogP contribution in [0.1, 0.15) is 37.7 Å². The number of aromatic nitrogens is 2. The molecule has 1 aromatic carbocycles. The summed E-state index contributed by atoms with van der Waals surface area (Å²) in [4.78, 5) is 19.6. The normalized spacial score (nSPS) is 15.8. The predicted molar refractivity (Wildman–Crippen MR) is 117 cm³/mol. The van der Waals surface area contributed by atoms with Gasteiger partial charge in [-0.2, -0.15) is 0 Å². The van der Waals surface area contributed by atoms with Crippen molar-refractivity contribution in [2.24, 2.45) is 5.73 Å². The summed E-state index contributed by atoms with van der Waals surface area (Å²) in [5.74, 6) is -0.106. The smallest absolute Gasteiger partial charge is 0.237 e. The molecule has 1 aliphatic rings. The predicted octanol–water partition coefficient (Wildman–Crippen LogP) is 4.58. The Hall–Kier alpha value is -2.45. The third kappa shape index (κ3) is 4.65. The SMILES string of the molecule is N[C@@H](Cc1ccc(Oc2ccnc3[nH]cc(Br)c23)c(F)c1)C(=O)NC1CCCCC1. The van der Waals surface area contributed by atoms with E-state index >= 15 is 0 Å². The molecule has 0 unspecified atom stereocenters. The highest BCUT2D eigenvalue weighted by atomic mass is 79.9. The minimum absolute atomic E-state index is 0.0968. The molecular formula is C22H24BrFN4O2. The van der Waals surface area contributed by atoms with Crippen molar-refractivity contribution < 1.29 is 13.9 Å². The van der Waals surface area contributed by atoms with Gasteiger partial charge in [0.1, 0.15) is 11.4 Å². The average molecular weight is 475 g/mol. The average Bonchev–Trinajstić information content (AvgIpc) is 3.12. The maximum atomic E-state index is 14.7. The highest BCUT2D eigenvalue weighted by Crippen LogP contribution is 2.34. The van der Waals surface area contributed by atoms with Gasteiger partial charge >= 0.3 is 0 Å². The number of aromatic amines is 1. The number of amides is 1. The molecule has 0 aliphatic heterocycles. The zero-order chi connectivity index (χ0) is 21.1. The van der Waals surface area contributed by atoms with Gasteiger partial charge in [0.05, 0.1) is 11.4 Å². The van der Waals surface area contributed by atoms with E-state index in [9.17, 15) is 9.18 Å². The van der Waals surface area contributed by atoms with Crippen LogP contribution in [0.2, 0.25) is 0 Å². The minimum atomic E-state index is -0.714. The molecule has 3 aromatic rings. The molecule has 4 N–H and O–H groups in total. The zero-order valence-electron chi connectivity index (χ0n) is 16.5. The molecule has 158 valence electrons. The molecule has 6 nitrogen and oxygen atoms in total. The van der Waals surface area contributed by atoms with Gasteiger partial charge < -0.3 is 20.8 Å². The van der Waals surface area contributed by atoms with E-state index in [0.29, 0.717) is 17.0 Å². The summed E-state index contributed by atoms with van der Waals surface area (Å²) < 4.78 is 21.3. The number of nitrogens with two attached hydrogens (primary N) is 1. The van der Waals surface area contributed by atoms with Crippen molar-refractivity contribution >= 4 is 32.9 Å². The van der Waals surface area contributed by atoms with Crippen molar-refractivity contribution in [3.05, 3.63) is 52.5 Å². The Morgan fingerprint density at radius 1 is 1.30 bits per heavy atom. The number of hydrogen-bond donors (Lipinski definition) is 3. The number of carbonyl (C=O) groups is 1. The lowest BCUT2D eigenvalue weighted by atomic mass is 9.95. The second-order valence-corrected chi connectivity index (χ2v) is 8.54. The maximum Gasteiger partial charge on any atom is 0.237 e. The molecule has 2 aromatic heterocycles. The lowest BCUT2D eigenvalue weighted by molar-refractivity contribution is -0.123. The Balaban J connectivity index is 1.42. The number of halogens is 2. The van der Waals surface area contributed by atoms with Crippen LogP contribution in [0, 0.1) is 5.82 Å². The Kier molecular flexibility index (Phi) is 6.34. The van der Waals surface area contributed by atoms with Crippen LogP contribution >= 0.6 is 15.9 Å². The number of rotatable bonds is 6. The lowest BCUT2D eigenvalue weighted by Crippen LogP contribution is -2.46. The van der Waals surface area contributed by atoms with Crippen molar-refractivity contribution in [3.63, 3.8) is 0 Å². The lowest BCUT2D eigenvalue weighted by Gasteiger charge is -2.24. The zero-order valence-corrected chi connectivity index (χ0v) is 18.0. The summed E-state index contributed by atoms with van der Waals surface area (Å²) in [6.07, 6.45) is 9.10. The molecule has 1 saturated carbocycles. The minimum Gasteiger partial charge on any atom is -0.453 e. The van der Waals surface area contributed by atoms with Gasteiger partial charge in [0, 0.05) is 22.9 Å². The highest BCUT2D eigenvalue weighted by Gasteiger charge is 2.21. The summed E-state index contributed by atoms with van der Waals surface area (Å²) in [6.45, 7) is 0. The number of benzene rings is 1. The fourth-order valence-corrected chi connectivity index (χ4v) is 4.35. The maximum absolute atomic E-state index is 14.7.